The van der Waals surface area contributed by atoms with Crippen molar-refractivity contribution in [2.45, 2.75) is 50.9 Å². The highest BCUT2D eigenvalue weighted by Crippen LogP contribution is 2.44. The standard InChI is InChI=1S/C18H19NO7/c1-8(20)25-13-4-3-10-11-5-14-15(24-7-23-14)6-12(11)18(22)19-16(10)17(13)26-9(2)21/h5-6,10,13,16-17H,3-4,7H2,1-2H3,(H,19,22)/t10-,13-,16-,17-/m1/s1. The Morgan fingerprint density at radius 2 is 1.77 bits per heavy atom. The first-order valence-electron chi connectivity index (χ1n) is 8.53. The summed E-state index contributed by atoms with van der Waals surface area (Å²) in [7, 11) is 0. The van der Waals surface area contributed by atoms with Crippen molar-refractivity contribution in [1.82, 2.24) is 5.32 Å². The maximum Gasteiger partial charge on any atom is 0.303 e. The summed E-state index contributed by atoms with van der Waals surface area (Å²) >= 11 is 0. The first-order valence-corrected chi connectivity index (χ1v) is 8.53. The Morgan fingerprint density at radius 1 is 1.08 bits per heavy atom. The molecule has 8 nitrogen and oxygen atoms in total. The van der Waals surface area contributed by atoms with E-state index < -0.39 is 30.2 Å². The second-order valence-electron chi connectivity index (χ2n) is 6.70. The van der Waals surface area contributed by atoms with Crippen LogP contribution in [0.5, 0.6) is 11.5 Å². The molecule has 4 rings (SSSR count). The predicted molar refractivity (Wildman–Crippen MR) is 86.9 cm³/mol. The van der Waals surface area contributed by atoms with Gasteiger partial charge in [-0.05, 0) is 30.5 Å². The van der Waals surface area contributed by atoms with Crippen LogP contribution in [-0.2, 0) is 19.1 Å². The van der Waals surface area contributed by atoms with Gasteiger partial charge in [0.05, 0.1) is 6.04 Å². The van der Waals surface area contributed by atoms with Crippen LogP contribution in [0.2, 0.25) is 0 Å². The van der Waals surface area contributed by atoms with E-state index in [2.05, 4.69) is 5.32 Å². The van der Waals surface area contributed by atoms with E-state index in [-0.39, 0.29) is 18.6 Å². The van der Waals surface area contributed by atoms with Crippen LogP contribution in [0.25, 0.3) is 0 Å². The average molecular weight is 361 g/mol. The van der Waals surface area contributed by atoms with Crippen molar-refractivity contribution in [1.29, 1.82) is 0 Å². The van der Waals surface area contributed by atoms with Crippen LogP contribution >= 0.6 is 0 Å². The number of hydrogen-bond acceptors (Lipinski definition) is 7. The molecule has 1 aliphatic carbocycles. The lowest BCUT2D eigenvalue weighted by atomic mass is 9.73. The molecule has 1 aromatic carbocycles. The monoisotopic (exact) mass is 361 g/mol. The molecule has 1 amide bonds. The summed E-state index contributed by atoms with van der Waals surface area (Å²) in [5.41, 5.74) is 1.37. The van der Waals surface area contributed by atoms with E-state index in [1.54, 1.807) is 6.07 Å². The van der Waals surface area contributed by atoms with Gasteiger partial charge in [-0.25, -0.2) is 0 Å². The molecule has 1 aromatic rings. The van der Waals surface area contributed by atoms with Gasteiger partial charge in [-0.1, -0.05) is 0 Å². The molecule has 1 N–H and O–H groups in total. The fourth-order valence-electron chi connectivity index (χ4n) is 4.05. The molecule has 138 valence electrons. The zero-order chi connectivity index (χ0) is 18.4. The van der Waals surface area contributed by atoms with Crippen LogP contribution in [0.1, 0.15) is 48.5 Å². The van der Waals surface area contributed by atoms with Gasteiger partial charge in [0.2, 0.25) is 6.79 Å². The van der Waals surface area contributed by atoms with Crippen molar-refractivity contribution >= 4 is 17.8 Å². The largest absolute Gasteiger partial charge is 0.459 e. The minimum atomic E-state index is -0.738. The van der Waals surface area contributed by atoms with E-state index in [0.717, 1.165) is 5.56 Å². The molecule has 0 unspecified atom stereocenters. The number of hydrogen-bond donors (Lipinski definition) is 1. The number of carbonyl (C=O) groups excluding carboxylic acids is 3. The first kappa shape index (κ1) is 16.7. The molecule has 2 aliphatic heterocycles. The Hall–Kier alpha value is -2.77. The summed E-state index contributed by atoms with van der Waals surface area (Å²) in [5.74, 6) is -0.144. The van der Waals surface area contributed by atoms with E-state index in [1.165, 1.54) is 13.8 Å². The lowest BCUT2D eigenvalue weighted by Gasteiger charge is -2.44. The highest BCUT2D eigenvalue weighted by molar-refractivity contribution is 5.98. The number of ether oxygens (including phenoxy) is 4. The second-order valence-corrected chi connectivity index (χ2v) is 6.70. The van der Waals surface area contributed by atoms with Gasteiger partial charge in [-0.15, -0.1) is 0 Å². The van der Waals surface area contributed by atoms with Crippen molar-refractivity contribution < 1.29 is 33.3 Å². The third-order valence-corrected chi connectivity index (χ3v) is 5.02. The lowest BCUT2D eigenvalue weighted by molar-refractivity contribution is -0.172. The van der Waals surface area contributed by atoms with Gasteiger partial charge in [0.15, 0.2) is 17.6 Å². The molecule has 26 heavy (non-hydrogen) atoms. The Bertz CT molecular complexity index is 790. The minimum absolute atomic E-state index is 0.0756. The molecule has 2 heterocycles. The summed E-state index contributed by atoms with van der Waals surface area (Å²) in [6.45, 7) is 2.73. The predicted octanol–water partition coefficient (Wildman–Crippen LogP) is 1.27. The molecule has 1 fully saturated rings. The summed E-state index contributed by atoms with van der Waals surface area (Å²) in [6, 6.07) is 3.03. The normalized spacial score (nSPS) is 28.5. The van der Waals surface area contributed by atoms with Crippen LogP contribution in [0.3, 0.4) is 0 Å². The number of esters is 2. The molecule has 1 saturated carbocycles. The Kier molecular flexibility index (Phi) is 3.97. The van der Waals surface area contributed by atoms with Crippen molar-refractivity contribution in [3.05, 3.63) is 23.3 Å². The molecule has 0 spiro atoms. The van der Waals surface area contributed by atoms with Gasteiger partial charge >= 0.3 is 11.9 Å². The second kappa shape index (κ2) is 6.19. The summed E-state index contributed by atoms with van der Waals surface area (Å²) in [5, 5.41) is 2.92. The number of benzene rings is 1. The number of rotatable bonds is 2. The maximum atomic E-state index is 12.6. The topological polar surface area (TPSA) is 100 Å². The Balaban J connectivity index is 1.71. The van der Waals surface area contributed by atoms with E-state index in [1.807, 2.05) is 6.07 Å². The first-order chi connectivity index (χ1) is 12.4. The molecule has 8 heteroatoms. The number of amides is 1. The summed E-state index contributed by atoms with van der Waals surface area (Å²) in [6.07, 6.45) is -0.123. The Labute approximate surface area is 149 Å². The van der Waals surface area contributed by atoms with E-state index in [9.17, 15) is 14.4 Å². The van der Waals surface area contributed by atoms with Crippen LogP contribution in [0.15, 0.2) is 12.1 Å². The van der Waals surface area contributed by atoms with Gasteiger partial charge < -0.3 is 24.3 Å². The fourth-order valence-corrected chi connectivity index (χ4v) is 4.05. The van der Waals surface area contributed by atoms with E-state index in [0.29, 0.717) is 29.9 Å². The van der Waals surface area contributed by atoms with Crippen LogP contribution in [0.4, 0.5) is 0 Å². The molecular weight excluding hydrogens is 342 g/mol. The molecule has 4 atom stereocenters. The highest BCUT2D eigenvalue weighted by Gasteiger charge is 2.48. The third kappa shape index (κ3) is 2.75. The number of fused-ring (bicyclic) bond motifs is 4. The van der Waals surface area contributed by atoms with Crippen LogP contribution in [-0.4, -0.2) is 42.9 Å². The van der Waals surface area contributed by atoms with Crippen molar-refractivity contribution in [3.63, 3.8) is 0 Å². The molecule has 0 bridgehead atoms. The summed E-state index contributed by atoms with van der Waals surface area (Å²) < 4.78 is 21.6. The summed E-state index contributed by atoms with van der Waals surface area (Å²) in [4.78, 5) is 35.6. The van der Waals surface area contributed by atoms with E-state index in [4.69, 9.17) is 18.9 Å². The van der Waals surface area contributed by atoms with Crippen LogP contribution in [0, 0.1) is 0 Å². The third-order valence-electron chi connectivity index (χ3n) is 5.02. The number of nitrogens with one attached hydrogen (secondary N) is 1. The van der Waals surface area contributed by atoms with Crippen molar-refractivity contribution in [3.8, 4) is 11.5 Å². The SMILES string of the molecule is CC(=O)O[C@H]1[C@@H]2NC(=O)c3cc4c(cc3[C@H]2CC[C@H]1OC(C)=O)OCO4. The molecule has 0 aromatic heterocycles. The van der Waals surface area contributed by atoms with Gasteiger partial charge in [-0.2, -0.15) is 0 Å². The molecule has 0 saturated heterocycles. The van der Waals surface area contributed by atoms with Gasteiger partial charge in [0.25, 0.3) is 5.91 Å². The zero-order valence-corrected chi connectivity index (χ0v) is 14.4. The maximum absolute atomic E-state index is 12.6. The van der Waals surface area contributed by atoms with Gasteiger partial charge in [0.1, 0.15) is 6.10 Å². The molecule has 0 radical (unpaired) electrons. The van der Waals surface area contributed by atoms with E-state index >= 15 is 0 Å². The molecule has 3 aliphatic rings. The van der Waals surface area contributed by atoms with Crippen LogP contribution < -0.4 is 14.8 Å². The van der Waals surface area contributed by atoms with Gasteiger partial charge in [0, 0.05) is 25.3 Å². The highest BCUT2D eigenvalue weighted by atomic mass is 16.7. The van der Waals surface area contributed by atoms with Crippen molar-refractivity contribution in [2.24, 2.45) is 0 Å². The quantitative estimate of drug-likeness (QED) is 0.792. The molecular formula is C18H19NO7. The minimum Gasteiger partial charge on any atom is -0.459 e. The Morgan fingerprint density at radius 3 is 2.46 bits per heavy atom. The number of carbonyl (C=O) groups is 3. The smallest absolute Gasteiger partial charge is 0.303 e. The average Bonchev–Trinajstić information content (AvgIpc) is 3.02. The van der Waals surface area contributed by atoms with Crippen molar-refractivity contribution in [2.75, 3.05) is 6.79 Å². The fraction of sp³-hybridized carbons (Fsp3) is 0.500. The van der Waals surface area contributed by atoms with Gasteiger partial charge in [-0.3, -0.25) is 14.4 Å². The zero-order valence-electron chi connectivity index (χ0n) is 14.4. The lowest BCUT2D eigenvalue weighted by Crippen LogP contribution is -2.59.